The predicted molar refractivity (Wildman–Crippen MR) is 155 cm³/mol. The molecular formula is C35H24N2. The molecule has 37 heavy (non-hydrogen) atoms. The van der Waals surface area contributed by atoms with E-state index in [0.29, 0.717) is 0 Å². The van der Waals surface area contributed by atoms with Crippen molar-refractivity contribution < 1.29 is 0 Å². The quantitative estimate of drug-likeness (QED) is 0.250. The minimum Gasteiger partial charge on any atom is -0.308 e. The highest BCUT2D eigenvalue weighted by Gasteiger charge is 2.15. The fraction of sp³-hybridized carbons (Fsp3) is 0. The van der Waals surface area contributed by atoms with Gasteiger partial charge in [0.05, 0.1) is 16.6 Å². The van der Waals surface area contributed by atoms with Gasteiger partial charge in [0.15, 0.2) is 0 Å². The Morgan fingerprint density at radius 1 is 0.405 bits per heavy atom. The smallest absolute Gasteiger partial charge is 0.0963 e. The van der Waals surface area contributed by atoms with Crippen molar-refractivity contribution in [3.05, 3.63) is 146 Å². The van der Waals surface area contributed by atoms with Gasteiger partial charge in [-0.1, -0.05) is 84.9 Å². The number of nitrogens with zero attached hydrogens (tertiary/aromatic N) is 2. The maximum Gasteiger partial charge on any atom is 0.0963 e. The van der Waals surface area contributed by atoms with Gasteiger partial charge in [-0.25, -0.2) is 0 Å². The van der Waals surface area contributed by atoms with E-state index in [2.05, 4.69) is 138 Å². The molecule has 2 heterocycles. The highest BCUT2D eigenvalue weighted by atomic mass is 15.0. The second-order valence-corrected chi connectivity index (χ2v) is 9.31. The predicted octanol–water partition coefficient (Wildman–Crippen LogP) is 9.18. The van der Waals surface area contributed by atoms with Crippen LogP contribution in [0.3, 0.4) is 0 Å². The first-order valence-electron chi connectivity index (χ1n) is 12.6. The van der Waals surface area contributed by atoms with Crippen LogP contribution in [0.15, 0.2) is 146 Å². The highest BCUT2D eigenvalue weighted by Crippen LogP contribution is 2.37. The summed E-state index contributed by atoms with van der Waals surface area (Å²) in [7, 11) is 0. The largest absolute Gasteiger partial charge is 0.308 e. The minimum atomic E-state index is 1.02. The van der Waals surface area contributed by atoms with Crippen LogP contribution in [-0.2, 0) is 0 Å². The van der Waals surface area contributed by atoms with E-state index in [4.69, 9.17) is 4.98 Å². The van der Waals surface area contributed by atoms with Gasteiger partial charge in [0.2, 0.25) is 0 Å². The Morgan fingerprint density at radius 2 is 0.973 bits per heavy atom. The van der Waals surface area contributed by atoms with Crippen LogP contribution in [0.1, 0.15) is 0 Å². The van der Waals surface area contributed by atoms with Crippen molar-refractivity contribution >= 4 is 21.9 Å². The molecule has 174 valence electrons. The van der Waals surface area contributed by atoms with Gasteiger partial charge in [0.1, 0.15) is 0 Å². The van der Waals surface area contributed by atoms with Crippen molar-refractivity contribution in [3.8, 4) is 39.1 Å². The van der Waals surface area contributed by atoms with E-state index in [0.717, 1.165) is 27.6 Å². The van der Waals surface area contributed by atoms with Gasteiger partial charge in [0.25, 0.3) is 0 Å². The molecule has 0 N–H and O–H groups in total. The number of benzene rings is 5. The fourth-order valence-electron chi connectivity index (χ4n) is 5.26. The maximum absolute atomic E-state index is 4.74. The monoisotopic (exact) mass is 472 g/mol. The van der Waals surface area contributed by atoms with E-state index in [1.165, 1.54) is 33.4 Å². The van der Waals surface area contributed by atoms with Crippen LogP contribution in [0, 0.1) is 0 Å². The minimum absolute atomic E-state index is 1.02. The molecule has 2 aromatic heterocycles. The number of rotatable bonds is 4. The number of pyridine rings is 1. The molecule has 0 unspecified atom stereocenters. The van der Waals surface area contributed by atoms with E-state index >= 15 is 0 Å². The van der Waals surface area contributed by atoms with Gasteiger partial charge in [-0.3, -0.25) is 4.98 Å². The Kier molecular flexibility index (Phi) is 5.15. The maximum atomic E-state index is 4.74. The molecular weight excluding hydrogens is 448 g/mol. The van der Waals surface area contributed by atoms with Crippen LogP contribution in [-0.4, -0.2) is 9.55 Å². The number of hydrogen-bond acceptors (Lipinski definition) is 1. The molecule has 0 fully saturated rings. The molecule has 2 heteroatoms. The summed E-state index contributed by atoms with van der Waals surface area (Å²) in [6.45, 7) is 0. The zero-order valence-corrected chi connectivity index (χ0v) is 20.3. The lowest BCUT2D eigenvalue weighted by molar-refractivity contribution is 1.18. The second kappa shape index (κ2) is 8.92. The van der Waals surface area contributed by atoms with Crippen LogP contribution in [0.4, 0.5) is 0 Å². The molecule has 2 nitrogen and oxygen atoms in total. The van der Waals surface area contributed by atoms with E-state index in [9.17, 15) is 0 Å². The lowest BCUT2D eigenvalue weighted by Gasteiger charge is -2.12. The average Bonchev–Trinajstić information content (AvgIpc) is 3.32. The van der Waals surface area contributed by atoms with Gasteiger partial charge in [-0.2, -0.15) is 0 Å². The van der Waals surface area contributed by atoms with Crippen molar-refractivity contribution in [2.75, 3.05) is 0 Å². The molecule has 0 saturated carbocycles. The molecule has 7 aromatic rings. The van der Waals surface area contributed by atoms with Crippen LogP contribution < -0.4 is 0 Å². The molecule has 0 spiro atoms. The first-order chi connectivity index (χ1) is 18.3. The van der Waals surface area contributed by atoms with Crippen molar-refractivity contribution in [2.45, 2.75) is 0 Å². The van der Waals surface area contributed by atoms with Gasteiger partial charge in [-0.15, -0.1) is 0 Å². The molecule has 0 saturated heterocycles. The normalized spacial score (nSPS) is 11.2. The highest BCUT2D eigenvalue weighted by molar-refractivity contribution is 6.08. The number of para-hydroxylation sites is 1. The molecule has 5 aromatic carbocycles. The third-order valence-corrected chi connectivity index (χ3v) is 7.02. The molecule has 7 rings (SSSR count). The standard InChI is InChI=1S/C35H24N2/c1-4-11-25(12-5-1)28-21-29(26-13-6-2-7-14-26)23-30(22-28)27-18-19-32-34(24-27)37(31-15-8-3-9-16-31)33-17-10-20-36-35(32)33/h1-24H. The van der Waals surface area contributed by atoms with E-state index < -0.39 is 0 Å². The molecule has 0 bridgehead atoms. The van der Waals surface area contributed by atoms with Crippen LogP contribution in [0.5, 0.6) is 0 Å². The Bertz CT molecular complexity index is 1790. The number of hydrogen-bond donors (Lipinski definition) is 0. The second-order valence-electron chi connectivity index (χ2n) is 9.31. The summed E-state index contributed by atoms with van der Waals surface area (Å²) in [5.74, 6) is 0. The summed E-state index contributed by atoms with van der Waals surface area (Å²) in [5.41, 5.74) is 11.7. The zero-order chi connectivity index (χ0) is 24.6. The van der Waals surface area contributed by atoms with Crippen molar-refractivity contribution in [3.63, 3.8) is 0 Å². The third-order valence-electron chi connectivity index (χ3n) is 7.02. The summed E-state index contributed by atoms with van der Waals surface area (Å²) in [6, 6.07) is 49.6. The number of aromatic nitrogens is 2. The van der Waals surface area contributed by atoms with Crippen molar-refractivity contribution in [1.29, 1.82) is 0 Å². The van der Waals surface area contributed by atoms with Gasteiger partial charge in [-0.05, 0) is 88.0 Å². The molecule has 0 aliphatic heterocycles. The average molecular weight is 473 g/mol. The molecule has 0 atom stereocenters. The summed E-state index contributed by atoms with van der Waals surface area (Å²) < 4.78 is 2.32. The van der Waals surface area contributed by atoms with Gasteiger partial charge in [0, 0.05) is 17.3 Å². The Morgan fingerprint density at radius 3 is 1.59 bits per heavy atom. The summed E-state index contributed by atoms with van der Waals surface area (Å²) in [5, 5.41) is 1.16. The summed E-state index contributed by atoms with van der Waals surface area (Å²) >= 11 is 0. The van der Waals surface area contributed by atoms with Crippen LogP contribution in [0.2, 0.25) is 0 Å². The SMILES string of the molecule is c1ccc(-c2cc(-c3ccccc3)cc(-c3ccc4c5ncccc5n(-c5ccccc5)c4c3)c2)cc1. The van der Waals surface area contributed by atoms with Crippen LogP contribution >= 0.6 is 0 Å². The molecule has 0 aliphatic rings. The van der Waals surface area contributed by atoms with Crippen LogP contribution in [0.25, 0.3) is 61.0 Å². The lowest BCUT2D eigenvalue weighted by atomic mass is 9.93. The Balaban J connectivity index is 1.48. The molecule has 0 amide bonds. The molecule has 0 radical (unpaired) electrons. The van der Waals surface area contributed by atoms with Crippen molar-refractivity contribution in [2.24, 2.45) is 0 Å². The van der Waals surface area contributed by atoms with E-state index in [1.807, 2.05) is 12.3 Å². The summed E-state index contributed by atoms with van der Waals surface area (Å²) in [6.07, 6.45) is 1.88. The first-order valence-corrected chi connectivity index (χ1v) is 12.6. The van der Waals surface area contributed by atoms with E-state index in [1.54, 1.807) is 0 Å². The Labute approximate surface area is 216 Å². The summed E-state index contributed by atoms with van der Waals surface area (Å²) in [4.78, 5) is 4.74. The fourth-order valence-corrected chi connectivity index (χ4v) is 5.26. The zero-order valence-electron chi connectivity index (χ0n) is 20.3. The van der Waals surface area contributed by atoms with Crippen molar-refractivity contribution in [1.82, 2.24) is 9.55 Å². The van der Waals surface area contributed by atoms with Gasteiger partial charge >= 0.3 is 0 Å². The van der Waals surface area contributed by atoms with Gasteiger partial charge < -0.3 is 4.57 Å². The lowest BCUT2D eigenvalue weighted by Crippen LogP contribution is -1.93. The first kappa shape index (κ1) is 21.3. The van der Waals surface area contributed by atoms with E-state index in [-0.39, 0.29) is 0 Å². The third kappa shape index (κ3) is 3.80. The molecule has 0 aliphatic carbocycles. The topological polar surface area (TPSA) is 17.8 Å². The Hall–Kier alpha value is -4.95. The number of fused-ring (bicyclic) bond motifs is 3.